The van der Waals surface area contributed by atoms with Crippen LogP contribution in [0, 0.1) is 12.3 Å². The number of hydrogen-bond acceptors (Lipinski definition) is 2. The summed E-state index contributed by atoms with van der Waals surface area (Å²) in [5.41, 5.74) is 8.49. The fraction of sp³-hybridized carbons (Fsp3) is 0.500. The molecule has 1 unspecified atom stereocenters. The van der Waals surface area contributed by atoms with Crippen molar-refractivity contribution in [3.63, 3.8) is 0 Å². The van der Waals surface area contributed by atoms with E-state index in [1.807, 2.05) is 0 Å². The monoisotopic (exact) mass is 231 g/mol. The minimum Gasteiger partial charge on any atom is -0.480 e. The van der Waals surface area contributed by atoms with Crippen molar-refractivity contribution in [3.8, 4) is 0 Å². The number of nitrogens with two attached hydrogens (primary N) is 1. The molecule has 3 heteroatoms. The Balaban J connectivity index is 1.76. The number of carbonyl (C=O) groups is 1. The molecule has 1 aromatic carbocycles. The molecule has 0 amide bonds. The smallest absolute Gasteiger partial charge is 0.321 e. The van der Waals surface area contributed by atoms with Crippen LogP contribution in [0.5, 0.6) is 0 Å². The van der Waals surface area contributed by atoms with Gasteiger partial charge in [-0.25, -0.2) is 0 Å². The maximum Gasteiger partial charge on any atom is 0.321 e. The van der Waals surface area contributed by atoms with E-state index in [9.17, 15) is 4.79 Å². The van der Waals surface area contributed by atoms with Crippen LogP contribution in [0.4, 0.5) is 0 Å². The number of aliphatic carboxylic acids is 1. The lowest BCUT2D eigenvalue weighted by Gasteiger charge is -2.72. The van der Waals surface area contributed by atoms with Crippen molar-refractivity contribution in [1.29, 1.82) is 0 Å². The zero-order valence-electron chi connectivity index (χ0n) is 9.94. The fourth-order valence-electron chi connectivity index (χ4n) is 3.67. The molecule has 17 heavy (non-hydrogen) atoms. The summed E-state index contributed by atoms with van der Waals surface area (Å²) >= 11 is 0. The highest BCUT2D eigenvalue weighted by Crippen LogP contribution is 2.74. The first-order chi connectivity index (χ1) is 7.97. The van der Waals surface area contributed by atoms with Crippen LogP contribution in [0.15, 0.2) is 24.3 Å². The van der Waals surface area contributed by atoms with Gasteiger partial charge in [0, 0.05) is 0 Å². The Kier molecular flexibility index (Phi) is 1.97. The maximum absolute atomic E-state index is 10.9. The van der Waals surface area contributed by atoms with Gasteiger partial charge in [-0.1, -0.05) is 29.8 Å². The zero-order chi connectivity index (χ0) is 12.3. The Morgan fingerprint density at radius 2 is 1.82 bits per heavy atom. The normalized spacial score (nSPS) is 35.6. The molecule has 2 bridgehead atoms. The molecule has 0 radical (unpaired) electrons. The summed E-state index contributed by atoms with van der Waals surface area (Å²) < 4.78 is 0. The van der Waals surface area contributed by atoms with Crippen LogP contribution in [0.3, 0.4) is 0 Å². The second-order valence-electron chi connectivity index (χ2n) is 5.85. The molecule has 0 spiro atoms. The molecule has 0 aromatic heterocycles. The largest absolute Gasteiger partial charge is 0.480 e. The first kappa shape index (κ1) is 10.8. The summed E-state index contributed by atoms with van der Waals surface area (Å²) in [6, 6.07) is 7.91. The molecule has 4 rings (SSSR count). The van der Waals surface area contributed by atoms with Gasteiger partial charge in [-0.15, -0.1) is 0 Å². The molecule has 0 aliphatic heterocycles. The van der Waals surface area contributed by atoms with Gasteiger partial charge in [0.25, 0.3) is 0 Å². The van der Waals surface area contributed by atoms with E-state index >= 15 is 0 Å². The highest BCUT2D eigenvalue weighted by molar-refractivity contribution is 5.75. The van der Waals surface area contributed by atoms with Crippen molar-refractivity contribution in [2.75, 3.05) is 0 Å². The first-order valence-corrected chi connectivity index (χ1v) is 6.03. The second-order valence-corrected chi connectivity index (χ2v) is 5.85. The van der Waals surface area contributed by atoms with Crippen LogP contribution in [-0.4, -0.2) is 17.1 Å². The minimum absolute atomic E-state index is 0.114. The van der Waals surface area contributed by atoms with Gasteiger partial charge in [0.2, 0.25) is 0 Å². The number of rotatable bonds is 3. The van der Waals surface area contributed by atoms with E-state index in [-0.39, 0.29) is 10.8 Å². The molecule has 1 atom stereocenters. The number of carboxylic acids is 1. The second kappa shape index (κ2) is 3.10. The molecular formula is C14H17NO2. The molecule has 3 aliphatic carbocycles. The van der Waals surface area contributed by atoms with Crippen LogP contribution in [0.1, 0.15) is 30.4 Å². The summed E-state index contributed by atoms with van der Waals surface area (Å²) in [5, 5.41) is 8.97. The standard InChI is InChI=1S/C14H17NO2/c1-9-2-4-10(5-3-9)13-6-14(7-13,8-13)11(15)12(16)17/h2-5,11H,6-8,15H2,1H3,(H,16,17). The molecule has 3 saturated carbocycles. The van der Waals surface area contributed by atoms with Crippen LogP contribution >= 0.6 is 0 Å². The Morgan fingerprint density at radius 3 is 2.29 bits per heavy atom. The average Bonchev–Trinajstić information content (AvgIpc) is 2.16. The maximum atomic E-state index is 10.9. The van der Waals surface area contributed by atoms with Crippen LogP contribution in [-0.2, 0) is 10.2 Å². The molecule has 3 aliphatic rings. The van der Waals surface area contributed by atoms with Crippen LogP contribution < -0.4 is 5.73 Å². The van der Waals surface area contributed by atoms with Crippen LogP contribution in [0.25, 0.3) is 0 Å². The van der Waals surface area contributed by atoms with E-state index in [1.54, 1.807) is 0 Å². The van der Waals surface area contributed by atoms with E-state index in [0.717, 1.165) is 19.3 Å². The number of benzene rings is 1. The average molecular weight is 231 g/mol. The third kappa shape index (κ3) is 1.29. The summed E-state index contributed by atoms with van der Waals surface area (Å²) in [6.07, 6.45) is 2.82. The van der Waals surface area contributed by atoms with Gasteiger partial charge in [0.05, 0.1) is 0 Å². The summed E-state index contributed by atoms with van der Waals surface area (Å²) in [7, 11) is 0. The van der Waals surface area contributed by atoms with E-state index in [0.29, 0.717) is 0 Å². The summed E-state index contributed by atoms with van der Waals surface area (Å²) in [6.45, 7) is 2.08. The van der Waals surface area contributed by atoms with E-state index in [2.05, 4.69) is 31.2 Å². The Hall–Kier alpha value is -1.35. The topological polar surface area (TPSA) is 63.3 Å². The minimum atomic E-state index is -0.859. The molecule has 3 fully saturated rings. The van der Waals surface area contributed by atoms with Crippen molar-refractivity contribution in [3.05, 3.63) is 35.4 Å². The predicted molar refractivity (Wildman–Crippen MR) is 64.8 cm³/mol. The molecule has 90 valence electrons. The fourth-order valence-corrected chi connectivity index (χ4v) is 3.67. The van der Waals surface area contributed by atoms with Crippen molar-refractivity contribution in [2.24, 2.45) is 11.1 Å². The number of carboxylic acid groups (broad SMARTS) is 1. The Morgan fingerprint density at radius 1 is 1.29 bits per heavy atom. The van der Waals surface area contributed by atoms with E-state index in [1.165, 1.54) is 11.1 Å². The van der Waals surface area contributed by atoms with Gasteiger partial charge in [-0.2, -0.15) is 0 Å². The number of aryl methyl sites for hydroxylation is 1. The molecule has 0 heterocycles. The summed E-state index contributed by atoms with van der Waals surface area (Å²) in [4.78, 5) is 10.9. The third-order valence-corrected chi connectivity index (χ3v) is 4.66. The van der Waals surface area contributed by atoms with Gasteiger partial charge in [-0.05, 0) is 42.6 Å². The molecule has 0 saturated heterocycles. The lowest BCUT2D eigenvalue weighted by atomic mass is 9.31. The van der Waals surface area contributed by atoms with Crippen molar-refractivity contribution < 1.29 is 9.90 Å². The van der Waals surface area contributed by atoms with Crippen LogP contribution in [0.2, 0.25) is 0 Å². The van der Waals surface area contributed by atoms with Crippen molar-refractivity contribution >= 4 is 5.97 Å². The van der Waals surface area contributed by atoms with Crippen molar-refractivity contribution in [1.82, 2.24) is 0 Å². The van der Waals surface area contributed by atoms with Crippen molar-refractivity contribution in [2.45, 2.75) is 37.6 Å². The Bertz CT molecular complexity index is 458. The van der Waals surface area contributed by atoms with Gasteiger partial charge in [0.15, 0.2) is 0 Å². The first-order valence-electron chi connectivity index (χ1n) is 6.03. The molecule has 3 nitrogen and oxygen atoms in total. The molecule has 1 aromatic rings. The molecule has 3 N–H and O–H groups in total. The van der Waals surface area contributed by atoms with E-state index in [4.69, 9.17) is 10.8 Å². The van der Waals surface area contributed by atoms with Gasteiger partial charge < -0.3 is 10.8 Å². The third-order valence-electron chi connectivity index (χ3n) is 4.66. The molecular weight excluding hydrogens is 214 g/mol. The highest BCUT2D eigenvalue weighted by atomic mass is 16.4. The zero-order valence-corrected chi connectivity index (χ0v) is 9.94. The van der Waals surface area contributed by atoms with Gasteiger partial charge in [0.1, 0.15) is 6.04 Å². The van der Waals surface area contributed by atoms with Gasteiger partial charge in [-0.3, -0.25) is 4.79 Å². The SMILES string of the molecule is Cc1ccc(C23CC(C(N)C(=O)O)(C2)C3)cc1. The quantitative estimate of drug-likeness (QED) is 0.834. The Labute approximate surface area is 101 Å². The highest BCUT2D eigenvalue weighted by Gasteiger charge is 2.71. The van der Waals surface area contributed by atoms with Gasteiger partial charge >= 0.3 is 5.97 Å². The lowest BCUT2D eigenvalue weighted by Crippen LogP contribution is -2.72. The number of hydrogen-bond donors (Lipinski definition) is 2. The lowest BCUT2D eigenvalue weighted by molar-refractivity contribution is -0.178. The predicted octanol–water partition coefficient (Wildman–Crippen LogP) is 1.83. The summed E-state index contributed by atoms with van der Waals surface area (Å²) in [5.74, 6) is -0.859. The van der Waals surface area contributed by atoms with E-state index < -0.39 is 12.0 Å².